The van der Waals surface area contributed by atoms with Crippen LogP contribution in [-0.4, -0.2) is 48.1 Å². The average molecular weight is 341 g/mol. The van der Waals surface area contributed by atoms with Crippen LogP contribution in [-0.2, 0) is 4.74 Å². The summed E-state index contributed by atoms with van der Waals surface area (Å²) in [6.45, 7) is 8.09. The SMILES string of the molecule is CC1=CC(O)N=C(NC(=O)NCCCCNC(=O)OC(C)(C)C)N1. The highest BCUT2D eigenvalue weighted by atomic mass is 16.6. The van der Waals surface area contributed by atoms with E-state index >= 15 is 0 Å². The van der Waals surface area contributed by atoms with Crippen LogP contribution in [0.15, 0.2) is 16.8 Å². The van der Waals surface area contributed by atoms with Crippen molar-refractivity contribution in [3.8, 4) is 0 Å². The molecule has 1 atom stereocenters. The fourth-order valence-corrected chi connectivity index (χ4v) is 1.83. The van der Waals surface area contributed by atoms with Crippen LogP contribution in [0.3, 0.4) is 0 Å². The molecule has 0 fully saturated rings. The molecule has 0 aromatic carbocycles. The van der Waals surface area contributed by atoms with Crippen LogP contribution in [0, 0.1) is 0 Å². The lowest BCUT2D eigenvalue weighted by atomic mass is 10.2. The number of hydrogen-bond acceptors (Lipinski definition) is 6. The van der Waals surface area contributed by atoms with E-state index < -0.39 is 24.0 Å². The van der Waals surface area contributed by atoms with Crippen LogP contribution in [0.5, 0.6) is 0 Å². The first-order valence-electron chi connectivity index (χ1n) is 7.89. The standard InChI is InChI=1S/C15H27N5O4/c1-10-9-11(21)19-12(18-10)20-13(22)16-7-5-6-8-17-14(23)24-15(2,3)4/h9,11,21H,5-8H2,1-4H3,(H,17,23)(H3,16,18,19,20,22). The number of unbranched alkanes of at least 4 members (excludes halogenated alkanes) is 1. The number of carbonyl (C=O) groups is 2. The monoisotopic (exact) mass is 341 g/mol. The molecular weight excluding hydrogens is 314 g/mol. The number of aliphatic hydroxyl groups is 1. The Morgan fingerprint density at radius 2 is 1.92 bits per heavy atom. The van der Waals surface area contributed by atoms with Crippen molar-refractivity contribution in [2.24, 2.45) is 4.99 Å². The van der Waals surface area contributed by atoms with Gasteiger partial charge < -0.3 is 25.8 Å². The Morgan fingerprint density at radius 1 is 1.29 bits per heavy atom. The molecule has 1 heterocycles. The molecule has 9 nitrogen and oxygen atoms in total. The van der Waals surface area contributed by atoms with Gasteiger partial charge in [-0.15, -0.1) is 0 Å². The summed E-state index contributed by atoms with van der Waals surface area (Å²) in [5.41, 5.74) is 0.196. The second kappa shape index (κ2) is 9.11. The molecule has 9 heteroatoms. The summed E-state index contributed by atoms with van der Waals surface area (Å²) >= 11 is 0. The number of carbonyl (C=O) groups excluding carboxylic acids is 2. The van der Waals surface area contributed by atoms with Gasteiger partial charge in [-0.2, -0.15) is 0 Å². The number of aliphatic hydroxyl groups excluding tert-OH is 1. The van der Waals surface area contributed by atoms with Crippen molar-refractivity contribution in [2.45, 2.75) is 52.4 Å². The third-order valence-electron chi connectivity index (χ3n) is 2.77. The van der Waals surface area contributed by atoms with E-state index in [1.165, 1.54) is 6.08 Å². The maximum absolute atomic E-state index is 11.7. The van der Waals surface area contributed by atoms with Crippen LogP contribution in [0.1, 0.15) is 40.5 Å². The van der Waals surface area contributed by atoms with Crippen LogP contribution < -0.4 is 21.3 Å². The summed E-state index contributed by atoms with van der Waals surface area (Å²) in [5, 5.41) is 20.1. The van der Waals surface area contributed by atoms with Gasteiger partial charge in [0.05, 0.1) is 0 Å². The zero-order valence-corrected chi connectivity index (χ0v) is 14.6. The molecule has 1 aliphatic heterocycles. The van der Waals surface area contributed by atoms with Crippen LogP contribution in [0.25, 0.3) is 0 Å². The molecule has 136 valence electrons. The summed E-state index contributed by atoms with van der Waals surface area (Å²) in [5.74, 6) is 0.201. The first-order valence-corrected chi connectivity index (χ1v) is 7.89. The predicted molar refractivity (Wildman–Crippen MR) is 90.3 cm³/mol. The van der Waals surface area contributed by atoms with E-state index in [1.807, 2.05) is 0 Å². The van der Waals surface area contributed by atoms with Crippen molar-refractivity contribution < 1.29 is 19.4 Å². The first kappa shape index (κ1) is 19.8. The smallest absolute Gasteiger partial charge is 0.407 e. The molecule has 0 saturated carbocycles. The number of allylic oxidation sites excluding steroid dienone is 1. The zero-order chi connectivity index (χ0) is 18.2. The zero-order valence-electron chi connectivity index (χ0n) is 14.6. The van der Waals surface area contributed by atoms with E-state index in [0.29, 0.717) is 31.6 Å². The summed E-state index contributed by atoms with van der Waals surface area (Å²) in [7, 11) is 0. The van der Waals surface area contributed by atoms with Gasteiger partial charge in [-0.1, -0.05) is 0 Å². The van der Waals surface area contributed by atoms with Crippen molar-refractivity contribution in [3.63, 3.8) is 0 Å². The normalized spacial score (nSPS) is 17.1. The third-order valence-corrected chi connectivity index (χ3v) is 2.77. The number of hydrogen-bond donors (Lipinski definition) is 5. The molecular formula is C15H27N5O4. The lowest BCUT2D eigenvalue weighted by molar-refractivity contribution is 0.0527. The first-order chi connectivity index (χ1) is 11.2. The Kier molecular flexibility index (Phi) is 7.50. The second-order valence-corrected chi connectivity index (χ2v) is 6.38. The summed E-state index contributed by atoms with van der Waals surface area (Å²) in [4.78, 5) is 26.9. The van der Waals surface area contributed by atoms with Gasteiger partial charge in [-0.05, 0) is 46.6 Å². The molecule has 3 amide bonds. The van der Waals surface area contributed by atoms with Crippen molar-refractivity contribution >= 4 is 18.1 Å². The molecule has 0 radical (unpaired) electrons. The second-order valence-electron chi connectivity index (χ2n) is 6.38. The Hall–Kier alpha value is -2.29. The number of nitrogens with one attached hydrogen (secondary N) is 4. The highest BCUT2D eigenvalue weighted by Crippen LogP contribution is 2.06. The van der Waals surface area contributed by atoms with Gasteiger partial charge in [0, 0.05) is 18.8 Å². The summed E-state index contributed by atoms with van der Waals surface area (Å²) in [6.07, 6.45) is 1.53. The topological polar surface area (TPSA) is 124 Å². The molecule has 5 N–H and O–H groups in total. The van der Waals surface area contributed by atoms with E-state index in [-0.39, 0.29) is 5.96 Å². The van der Waals surface area contributed by atoms with Gasteiger partial charge in [0.2, 0.25) is 5.96 Å². The molecule has 0 aliphatic carbocycles. The van der Waals surface area contributed by atoms with Crippen LogP contribution in [0.2, 0.25) is 0 Å². The minimum absolute atomic E-state index is 0.201. The Bertz CT molecular complexity index is 510. The molecule has 0 spiro atoms. The Morgan fingerprint density at radius 3 is 2.50 bits per heavy atom. The van der Waals surface area contributed by atoms with E-state index in [0.717, 1.165) is 0 Å². The molecule has 0 aromatic heterocycles. The molecule has 1 unspecified atom stereocenters. The number of aliphatic imine (C=N–C) groups is 1. The number of urea groups is 1. The van der Waals surface area contributed by atoms with Crippen LogP contribution in [0.4, 0.5) is 9.59 Å². The average Bonchev–Trinajstić information content (AvgIpc) is 2.39. The van der Waals surface area contributed by atoms with Crippen molar-refractivity contribution in [2.75, 3.05) is 13.1 Å². The number of ether oxygens (including phenoxy) is 1. The quantitative estimate of drug-likeness (QED) is 0.473. The number of nitrogens with zero attached hydrogens (tertiary/aromatic N) is 1. The molecule has 0 bridgehead atoms. The van der Waals surface area contributed by atoms with E-state index in [9.17, 15) is 14.7 Å². The molecule has 0 aromatic rings. The minimum Gasteiger partial charge on any atom is -0.444 e. The lowest BCUT2D eigenvalue weighted by Gasteiger charge is -2.19. The fourth-order valence-electron chi connectivity index (χ4n) is 1.83. The summed E-state index contributed by atoms with van der Waals surface area (Å²) < 4.78 is 5.11. The Balaban J connectivity index is 2.09. The van der Waals surface area contributed by atoms with E-state index in [1.54, 1.807) is 27.7 Å². The van der Waals surface area contributed by atoms with E-state index in [4.69, 9.17) is 4.74 Å². The van der Waals surface area contributed by atoms with Crippen molar-refractivity contribution in [1.82, 2.24) is 21.3 Å². The third kappa shape index (κ3) is 8.99. The lowest BCUT2D eigenvalue weighted by Crippen LogP contribution is -2.47. The predicted octanol–water partition coefficient (Wildman–Crippen LogP) is 0.772. The van der Waals surface area contributed by atoms with Crippen molar-refractivity contribution in [1.29, 1.82) is 0 Å². The molecule has 0 saturated heterocycles. The van der Waals surface area contributed by atoms with Crippen molar-refractivity contribution in [3.05, 3.63) is 11.8 Å². The number of amides is 3. The highest BCUT2D eigenvalue weighted by molar-refractivity contribution is 5.97. The number of rotatable bonds is 5. The summed E-state index contributed by atoms with van der Waals surface area (Å²) in [6, 6.07) is -0.414. The van der Waals surface area contributed by atoms with E-state index in [2.05, 4.69) is 26.3 Å². The maximum Gasteiger partial charge on any atom is 0.407 e. The van der Waals surface area contributed by atoms with Gasteiger partial charge >= 0.3 is 12.1 Å². The number of alkyl carbamates (subject to hydrolysis) is 1. The van der Waals surface area contributed by atoms with Gasteiger partial charge in [0.15, 0.2) is 6.23 Å². The Labute approximate surface area is 141 Å². The molecule has 24 heavy (non-hydrogen) atoms. The molecule has 1 rings (SSSR count). The fraction of sp³-hybridized carbons (Fsp3) is 0.667. The molecule has 1 aliphatic rings. The van der Waals surface area contributed by atoms with Crippen LogP contribution >= 0.6 is 0 Å². The maximum atomic E-state index is 11.7. The van der Waals surface area contributed by atoms with Gasteiger partial charge in [-0.3, -0.25) is 5.32 Å². The minimum atomic E-state index is -0.958. The number of guanidine groups is 1. The van der Waals surface area contributed by atoms with Gasteiger partial charge in [0.25, 0.3) is 0 Å². The largest absolute Gasteiger partial charge is 0.444 e. The van der Waals surface area contributed by atoms with Gasteiger partial charge in [0.1, 0.15) is 5.60 Å². The highest BCUT2D eigenvalue weighted by Gasteiger charge is 2.15. The van der Waals surface area contributed by atoms with Gasteiger partial charge in [-0.25, -0.2) is 14.6 Å².